The molecule has 2 aromatic rings. The normalized spacial score (nSPS) is 18.5. The number of fused-ring (bicyclic) bond motifs is 1. The molecule has 1 aliphatic rings. The zero-order valence-electron chi connectivity index (χ0n) is 13.5. The van der Waals surface area contributed by atoms with E-state index >= 15 is 0 Å². The first-order valence-corrected chi connectivity index (χ1v) is 8.35. The van der Waals surface area contributed by atoms with Crippen LogP contribution in [-0.4, -0.2) is 14.8 Å². The second kappa shape index (κ2) is 6.42. The van der Waals surface area contributed by atoms with E-state index in [0.29, 0.717) is 16.3 Å². The van der Waals surface area contributed by atoms with Gasteiger partial charge in [0.2, 0.25) is 0 Å². The van der Waals surface area contributed by atoms with Crippen LogP contribution >= 0.6 is 11.8 Å². The summed E-state index contributed by atoms with van der Waals surface area (Å²) in [6, 6.07) is 7.74. The van der Waals surface area contributed by atoms with Crippen LogP contribution in [0, 0.1) is 19.3 Å². The molecule has 0 bridgehead atoms. The SMILES string of the molecule is C#CC1Sc2c(ncn(-c3ccc(C)cc3)c2=O)/C1=C/C=C(/C)N. The molecule has 0 spiro atoms. The van der Waals surface area contributed by atoms with E-state index in [-0.39, 0.29) is 10.8 Å². The van der Waals surface area contributed by atoms with Crippen LogP contribution in [0.4, 0.5) is 0 Å². The lowest BCUT2D eigenvalue weighted by Gasteiger charge is -2.07. The Bertz CT molecular complexity index is 942. The molecule has 3 rings (SSSR count). The number of nitrogens with two attached hydrogens (primary N) is 1. The molecule has 0 radical (unpaired) electrons. The Labute approximate surface area is 145 Å². The standard InChI is InChI=1S/C19H17N3OS/c1-4-16-15(10-7-13(3)20)17-18(24-16)19(23)22(11-21-17)14-8-5-12(2)6-9-14/h1,5-11,16H,20H2,2-3H3/b13-7-,15-10+. The lowest BCUT2D eigenvalue weighted by Crippen LogP contribution is -2.20. The van der Waals surface area contributed by atoms with Gasteiger partial charge in [-0.3, -0.25) is 9.36 Å². The van der Waals surface area contributed by atoms with E-state index in [9.17, 15) is 4.79 Å². The third kappa shape index (κ3) is 2.89. The highest BCUT2D eigenvalue weighted by molar-refractivity contribution is 8.01. The number of aryl methyl sites for hydroxylation is 1. The molecule has 0 fully saturated rings. The molecule has 2 heterocycles. The van der Waals surface area contributed by atoms with Gasteiger partial charge in [-0.1, -0.05) is 41.5 Å². The van der Waals surface area contributed by atoms with Crippen molar-refractivity contribution in [1.82, 2.24) is 9.55 Å². The molecule has 1 aliphatic heterocycles. The van der Waals surface area contributed by atoms with E-state index in [1.54, 1.807) is 23.9 Å². The van der Waals surface area contributed by atoms with Gasteiger partial charge in [-0.15, -0.1) is 6.42 Å². The number of rotatable bonds is 2. The third-order valence-electron chi connectivity index (χ3n) is 3.71. The monoisotopic (exact) mass is 335 g/mol. The van der Waals surface area contributed by atoms with E-state index < -0.39 is 0 Å². The van der Waals surface area contributed by atoms with E-state index in [4.69, 9.17) is 12.2 Å². The topological polar surface area (TPSA) is 60.9 Å². The van der Waals surface area contributed by atoms with Crippen LogP contribution in [0.2, 0.25) is 0 Å². The van der Waals surface area contributed by atoms with Crippen molar-refractivity contribution < 1.29 is 0 Å². The van der Waals surface area contributed by atoms with Crippen molar-refractivity contribution in [3.8, 4) is 18.0 Å². The van der Waals surface area contributed by atoms with Crippen LogP contribution < -0.4 is 11.3 Å². The Hall–Kier alpha value is -2.71. The molecule has 1 unspecified atom stereocenters. The molecular formula is C19H17N3OS. The number of terminal acetylenes is 1. The Morgan fingerprint density at radius 2 is 2.12 bits per heavy atom. The average Bonchev–Trinajstić information content (AvgIpc) is 2.93. The van der Waals surface area contributed by atoms with E-state index in [1.165, 1.54) is 11.8 Å². The van der Waals surface area contributed by atoms with Crippen molar-refractivity contribution in [2.24, 2.45) is 5.73 Å². The average molecular weight is 335 g/mol. The highest BCUT2D eigenvalue weighted by atomic mass is 32.2. The molecule has 1 aromatic carbocycles. The minimum absolute atomic E-state index is 0.106. The first kappa shape index (κ1) is 16.2. The maximum absolute atomic E-state index is 12.9. The molecule has 1 aromatic heterocycles. The number of hydrogen-bond donors (Lipinski definition) is 1. The van der Waals surface area contributed by atoms with Crippen molar-refractivity contribution >= 4 is 17.3 Å². The number of thioether (sulfide) groups is 1. The maximum atomic E-state index is 12.9. The van der Waals surface area contributed by atoms with Crippen LogP contribution in [-0.2, 0) is 0 Å². The van der Waals surface area contributed by atoms with Crippen molar-refractivity contribution in [2.75, 3.05) is 0 Å². The van der Waals surface area contributed by atoms with Gasteiger partial charge in [-0.25, -0.2) is 4.98 Å². The summed E-state index contributed by atoms with van der Waals surface area (Å²) in [7, 11) is 0. The summed E-state index contributed by atoms with van der Waals surface area (Å²) in [5.41, 5.74) is 9.67. The molecule has 120 valence electrons. The van der Waals surface area contributed by atoms with Crippen molar-refractivity contribution in [3.63, 3.8) is 0 Å². The van der Waals surface area contributed by atoms with Gasteiger partial charge in [0.1, 0.15) is 11.2 Å². The van der Waals surface area contributed by atoms with Gasteiger partial charge in [-0.05, 0) is 32.1 Å². The molecule has 0 saturated heterocycles. The maximum Gasteiger partial charge on any atom is 0.272 e. The second-order valence-corrected chi connectivity index (χ2v) is 6.75. The summed E-state index contributed by atoms with van der Waals surface area (Å²) in [6.45, 7) is 3.80. The van der Waals surface area contributed by atoms with Gasteiger partial charge in [-0.2, -0.15) is 0 Å². The smallest absolute Gasteiger partial charge is 0.272 e. The Balaban J connectivity index is 2.13. The van der Waals surface area contributed by atoms with Gasteiger partial charge in [0, 0.05) is 11.3 Å². The summed E-state index contributed by atoms with van der Waals surface area (Å²) >= 11 is 1.36. The highest BCUT2D eigenvalue weighted by Gasteiger charge is 2.30. The van der Waals surface area contributed by atoms with Crippen molar-refractivity contribution in [3.05, 3.63) is 70.1 Å². The zero-order valence-corrected chi connectivity index (χ0v) is 14.3. The number of hydrogen-bond acceptors (Lipinski definition) is 4. The van der Waals surface area contributed by atoms with Gasteiger partial charge < -0.3 is 5.73 Å². The molecule has 0 saturated carbocycles. The molecule has 5 heteroatoms. The minimum Gasteiger partial charge on any atom is -0.402 e. The first-order valence-electron chi connectivity index (χ1n) is 7.47. The predicted molar refractivity (Wildman–Crippen MR) is 99.0 cm³/mol. The van der Waals surface area contributed by atoms with Crippen molar-refractivity contribution in [2.45, 2.75) is 24.0 Å². The molecule has 0 amide bonds. The Kier molecular flexibility index (Phi) is 4.32. The summed E-state index contributed by atoms with van der Waals surface area (Å²) < 4.78 is 1.55. The largest absolute Gasteiger partial charge is 0.402 e. The zero-order chi connectivity index (χ0) is 17.3. The molecule has 4 nitrogen and oxygen atoms in total. The fourth-order valence-electron chi connectivity index (χ4n) is 2.46. The van der Waals surface area contributed by atoms with Crippen LogP contribution in [0.25, 0.3) is 11.3 Å². The van der Waals surface area contributed by atoms with Crippen molar-refractivity contribution in [1.29, 1.82) is 0 Å². The summed E-state index contributed by atoms with van der Waals surface area (Å²) in [6.07, 6.45) is 10.8. The molecule has 24 heavy (non-hydrogen) atoms. The first-order chi connectivity index (χ1) is 11.5. The Morgan fingerprint density at radius 1 is 1.42 bits per heavy atom. The highest BCUT2D eigenvalue weighted by Crippen LogP contribution is 2.41. The second-order valence-electron chi connectivity index (χ2n) is 5.63. The summed E-state index contributed by atoms with van der Waals surface area (Å²) in [4.78, 5) is 17.9. The quantitative estimate of drug-likeness (QED) is 0.857. The molecule has 2 N–H and O–H groups in total. The fourth-order valence-corrected chi connectivity index (χ4v) is 3.56. The number of nitrogens with zero attached hydrogens (tertiary/aromatic N) is 2. The van der Waals surface area contributed by atoms with E-state index in [2.05, 4.69) is 10.9 Å². The number of allylic oxidation sites excluding steroid dienone is 3. The number of aromatic nitrogens is 2. The minimum atomic E-state index is -0.232. The summed E-state index contributed by atoms with van der Waals surface area (Å²) in [5.74, 6) is 2.72. The van der Waals surface area contributed by atoms with E-state index in [1.807, 2.05) is 37.3 Å². The lowest BCUT2D eigenvalue weighted by atomic mass is 10.1. The molecule has 0 aliphatic carbocycles. The number of benzene rings is 1. The third-order valence-corrected chi connectivity index (χ3v) is 4.94. The molecule has 1 atom stereocenters. The van der Waals surface area contributed by atoms with E-state index in [0.717, 1.165) is 16.8 Å². The van der Waals surface area contributed by atoms with Crippen LogP contribution in [0.15, 0.2) is 58.1 Å². The van der Waals surface area contributed by atoms with Gasteiger partial charge in [0.15, 0.2) is 0 Å². The van der Waals surface area contributed by atoms with Gasteiger partial charge >= 0.3 is 0 Å². The fraction of sp³-hybridized carbons (Fsp3) is 0.158. The Morgan fingerprint density at radius 3 is 2.75 bits per heavy atom. The summed E-state index contributed by atoms with van der Waals surface area (Å²) in [5, 5.41) is -0.232. The van der Waals surface area contributed by atoms with Gasteiger partial charge in [0.25, 0.3) is 5.56 Å². The predicted octanol–water partition coefficient (Wildman–Crippen LogP) is 2.89. The molecular weight excluding hydrogens is 318 g/mol. The van der Waals surface area contributed by atoms with Gasteiger partial charge in [0.05, 0.1) is 16.6 Å². The van der Waals surface area contributed by atoms with Crippen LogP contribution in [0.1, 0.15) is 18.2 Å². The lowest BCUT2D eigenvalue weighted by molar-refractivity contribution is 0.884. The van der Waals surface area contributed by atoms with Crippen LogP contribution in [0.3, 0.4) is 0 Å². The van der Waals surface area contributed by atoms with Crippen LogP contribution in [0.5, 0.6) is 0 Å².